The van der Waals surface area contributed by atoms with Gasteiger partial charge in [0, 0.05) is 16.7 Å². The van der Waals surface area contributed by atoms with Gasteiger partial charge in [0.2, 0.25) is 0 Å². The Morgan fingerprint density at radius 3 is 0.957 bits per heavy atom. The van der Waals surface area contributed by atoms with Gasteiger partial charge in [0.05, 0.1) is 0 Å². The average molecular weight is 663 g/mol. The first-order valence-corrected chi connectivity index (χ1v) is 16.1. The maximum absolute atomic E-state index is 15.0. The zero-order chi connectivity index (χ0) is 34.4. The molecule has 0 saturated heterocycles. The van der Waals surface area contributed by atoms with E-state index in [9.17, 15) is 18.9 Å². The average Bonchev–Trinajstić information content (AvgIpc) is 3.07. The molecule has 0 aliphatic rings. The van der Waals surface area contributed by atoms with E-state index in [4.69, 9.17) is 27.8 Å². The van der Waals surface area contributed by atoms with Gasteiger partial charge in [0.1, 0.15) is 38.1 Å². The highest BCUT2D eigenvalue weighted by Gasteiger charge is 2.40. The van der Waals surface area contributed by atoms with Crippen LogP contribution in [0.15, 0.2) is 127 Å². The fourth-order valence-electron chi connectivity index (χ4n) is 3.93. The molecule has 47 heavy (non-hydrogen) atoms. The number of benzene rings is 3. The van der Waals surface area contributed by atoms with E-state index in [1.807, 2.05) is 0 Å². The Balaban J connectivity index is 2.09. The summed E-state index contributed by atoms with van der Waals surface area (Å²) in [6, 6.07) is 25.8. The van der Waals surface area contributed by atoms with Crippen molar-refractivity contribution in [2.24, 2.45) is 0 Å². The predicted octanol–water partition coefficient (Wildman–Crippen LogP) is 7.73. The van der Waals surface area contributed by atoms with E-state index in [0.717, 1.165) is 0 Å². The smallest absolute Gasteiger partial charge is 0.459 e. The molecule has 0 aliphatic heterocycles. The Morgan fingerprint density at radius 2 is 0.745 bits per heavy atom. The molecule has 0 N–H and O–H groups in total. The molecule has 3 atom stereocenters. The van der Waals surface area contributed by atoms with Crippen LogP contribution in [0.3, 0.4) is 0 Å². The van der Waals surface area contributed by atoms with E-state index >= 15 is 0 Å². The van der Waals surface area contributed by atoms with Crippen LogP contribution in [0.1, 0.15) is 55.8 Å². The van der Waals surface area contributed by atoms with Crippen LogP contribution in [0.5, 0.6) is 0 Å². The summed E-state index contributed by atoms with van der Waals surface area (Å²) >= 11 is 0. The van der Waals surface area contributed by atoms with E-state index in [1.54, 1.807) is 91.0 Å². The van der Waals surface area contributed by atoms with Gasteiger partial charge in [-0.05, 0) is 37.5 Å². The van der Waals surface area contributed by atoms with Crippen LogP contribution in [0.4, 0.5) is 0 Å². The van der Waals surface area contributed by atoms with Crippen LogP contribution >= 0.6 is 7.82 Å². The lowest BCUT2D eigenvalue weighted by molar-refractivity contribution is -0.143. The van der Waals surface area contributed by atoms with Gasteiger partial charge in [-0.1, -0.05) is 111 Å². The van der Waals surface area contributed by atoms with Gasteiger partial charge < -0.3 is 14.2 Å². The molecule has 0 amide bonds. The minimum absolute atomic E-state index is 0.152. The largest absolute Gasteiger partial charge is 0.476 e. The SMILES string of the molecule is C=C(C)C(=O)OCC(OP(=O)(OC(COC(=O)C(=C)C)c1ccccc1)OC(COC(=O)C(=C)C)c1ccccc1)c1ccccc1. The molecular formula is C36H39O10P. The second kappa shape index (κ2) is 17.9. The zero-order valence-corrected chi connectivity index (χ0v) is 27.6. The molecule has 0 spiro atoms. The van der Waals surface area contributed by atoms with Crippen molar-refractivity contribution in [2.45, 2.75) is 39.1 Å². The zero-order valence-electron chi connectivity index (χ0n) is 26.7. The molecule has 3 rings (SSSR count). The number of carbonyl (C=O) groups excluding carboxylic acids is 3. The normalized spacial score (nSPS) is 14.0. The van der Waals surface area contributed by atoms with Crippen molar-refractivity contribution in [1.82, 2.24) is 0 Å². The predicted molar refractivity (Wildman–Crippen MR) is 176 cm³/mol. The number of hydrogen-bond acceptors (Lipinski definition) is 10. The maximum atomic E-state index is 15.0. The fourth-order valence-corrected chi connectivity index (χ4v) is 5.56. The first-order chi connectivity index (χ1) is 22.4. The number of phosphoric ester groups is 1. The molecule has 0 fully saturated rings. The number of rotatable bonds is 18. The number of esters is 3. The van der Waals surface area contributed by atoms with Crippen molar-refractivity contribution in [3.63, 3.8) is 0 Å². The molecule has 3 aromatic rings. The second-order valence-electron chi connectivity index (χ2n) is 10.6. The van der Waals surface area contributed by atoms with E-state index < -0.39 is 44.0 Å². The first-order valence-electron chi connectivity index (χ1n) is 14.7. The minimum Gasteiger partial charge on any atom is -0.459 e. The number of hydrogen-bond donors (Lipinski definition) is 0. The molecule has 0 saturated carbocycles. The van der Waals surface area contributed by atoms with E-state index in [2.05, 4.69) is 19.7 Å². The Hall–Kier alpha value is -4.60. The highest BCUT2D eigenvalue weighted by Crippen LogP contribution is 2.59. The fraction of sp³-hybridized carbons (Fsp3) is 0.250. The molecule has 0 aromatic heterocycles. The number of ether oxygens (including phenoxy) is 3. The molecular weight excluding hydrogens is 623 g/mol. The summed E-state index contributed by atoms with van der Waals surface area (Å²) in [7, 11) is -4.78. The summed E-state index contributed by atoms with van der Waals surface area (Å²) in [6.45, 7) is 14.1. The Labute approximate surface area is 275 Å². The molecule has 0 aliphatic carbocycles. The maximum Gasteiger partial charge on any atom is 0.476 e. The third-order valence-corrected chi connectivity index (χ3v) is 7.96. The summed E-state index contributed by atoms with van der Waals surface area (Å²) in [5.41, 5.74) is 1.93. The van der Waals surface area contributed by atoms with Gasteiger partial charge in [0.15, 0.2) is 0 Å². The van der Waals surface area contributed by atoms with Crippen molar-refractivity contribution in [2.75, 3.05) is 19.8 Å². The summed E-state index contributed by atoms with van der Waals surface area (Å²) in [5, 5.41) is 0. The highest BCUT2D eigenvalue weighted by atomic mass is 31.2. The van der Waals surface area contributed by atoms with Crippen molar-refractivity contribution < 1.29 is 46.7 Å². The van der Waals surface area contributed by atoms with E-state index in [-0.39, 0.29) is 36.5 Å². The molecule has 0 bridgehead atoms. The topological polar surface area (TPSA) is 124 Å². The third kappa shape index (κ3) is 11.9. The van der Waals surface area contributed by atoms with Crippen LogP contribution in [0, 0.1) is 0 Å². The lowest BCUT2D eigenvalue weighted by Gasteiger charge is -2.30. The van der Waals surface area contributed by atoms with Gasteiger partial charge in [-0.25, -0.2) is 18.9 Å². The molecule has 3 unspecified atom stereocenters. The van der Waals surface area contributed by atoms with Gasteiger partial charge in [-0.3, -0.25) is 13.6 Å². The van der Waals surface area contributed by atoms with Gasteiger partial charge >= 0.3 is 25.7 Å². The van der Waals surface area contributed by atoms with Crippen LogP contribution in [-0.2, 0) is 46.7 Å². The quantitative estimate of drug-likeness (QED) is 0.0579. The molecule has 3 aromatic carbocycles. The molecule has 10 nitrogen and oxygen atoms in total. The molecule has 0 radical (unpaired) electrons. The van der Waals surface area contributed by atoms with Crippen molar-refractivity contribution in [1.29, 1.82) is 0 Å². The Bertz CT molecular complexity index is 1400. The highest BCUT2D eigenvalue weighted by molar-refractivity contribution is 7.48. The Kier molecular flexibility index (Phi) is 14.1. The van der Waals surface area contributed by atoms with Crippen molar-refractivity contribution >= 4 is 25.7 Å². The molecule has 0 heterocycles. The van der Waals surface area contributed by atoms with Gasteiger partial charge in [-0.2, -0.15) is 0 Å². The van der Waals surface area contributed by atoms with Crippen molar-refractivity contribution in [3.05, 3.63) is 144 Å². The monoisotopic (exact) mass is 662 g/mol. The van der Waals surface area contributed by atoms with Crippen molar-refractivity contribution in [3.8, 4) is 0 Å². The second-order valence-corrected chi connectivity index (χ2v) is 12.1. The van der Waals surface area contributed by atoms with Crippen LogP contribution < -0.4 is 0 Å². The van der Waals surface area contributed by atoms with Gasteiger partial charge in [0.25, 0.3) is 0 Å². The lowest BCUT2D eigenvalue weighted by Crippen LogP contribution is -2.21. The van der Waals surface area contributed by atoms with E-state index in [1.165, 1.54) is 20.8 Å². The molecule has 11 heteroatoms. The van der Waals surface area contributed by atoms with Gasteiger partial charge in [-0.15, -0.1) is 0 Å². The van der Waals surface area contributed by atoms with Crippen LogP contribution in [0.25, 0.3) is 0 Å². The number of phosphoric acid groups is 1. The number of carbonyl (C=O) groups is 3. The summed E-state index contributed by atoms with van der Waals surface area (Å²) in [4.78, 5) is 37.1. The summed E-state index contributed by atoms with van der Waals surface area (Å²) in [5.74, 6) is -2.06. The first kappa shape index (κ1) is 36.9. The standard InChI is InChI=1S/C36H39O10P/c1-25(2)34(37)41-22-31(28-16-10-7-11-17-28)44-47(40,45-32(23-42-35(38)26(3)4)29-18-12-8-13-19-29)46-33(24-43-36(39)27(5)6)30-20-14-9-15-21-30/h7-21,31-33H,1,3,5,22-24H2,2,4,6H3. The lowest BCUT2D eigenvalue weighted by atomic mass is 10.1. The Morgan fingerprint density at radius 1 is 0.511 bits per heavy atom. The van der Waals surface area contributed by atoms with E-state index in [0.29, 0.717) is 16.7 Å². The third-order valence-electron chi connectivity index (χ3n) is 6.43. The summed E-state index contributed by atoms with van der Waals surface area (Å²) in [6.07, 6.45) is -3.47. The minimum atomic E-state index is -4.78. The summed E-state index contributed by atoms with van der Waals surface area (Å²) < 4.78 is 49.6. The molecule has 248 valence electrons. The van der Waals surface area contributed by atoms with Crippen LogP contribution in [0.2, 0.25) is 0 Å². The van der Waals surface area contributed by atoms with Crippen LogP contribution in [-0.4, -0.2) is 37.7 Å².